The second-order valence-corrected chi connectivity index (χ2v) is 8.61. The molecule has 1 aromatic heterocycles. The van der Waals surface area contributed by atoms with Crippen LogP contribution in [0, 0.1) is 0 Å². The number of nitrogens with zero attached hydrogens (tertiary/aromatic N) is 3. The highest BCUT2D eigenvalue weighted by molar-refractivity contribution is 5.91. The molecular formula is C21H33N3O3. The Balaban J connectivity index is 1.32. The molecule has 27 heavy (non-hydrogen) atoms. The second-order valence-electron chi connectivity index (χ2n) is 8.61. The number of carbonyl (C=O) groups excluding carboxylic acids is 1. The zero-order valence-corrected chi connectivity index (χ0v) is 16.7. The Morgan fingerprint density at radius 1 is 1.15 bits per heavy atom. The molecule has 0 aliphatic carbocycles. The van der Waals surface area contributed by atoms with E-state index in [9.17, 15) is 4.79 Å². The van der Waals surface area contributed by atoms with Crippen molar-refractivity contribution in [1.29, 1.82) is 0 Å². The molecule has 6 nitrogen and oxygen atoms in total. The van der Waals surface area contributed by atoms with Crippen LogP contribution in [0.25, 0.3) is 0 Å². The largest absolute Gasteiger partial charge is 0.459 e. The van der Waals surface area contributed by atoms with Gasteiger partial charge in [-0.2, -0.15) is 0 Å². The fourth-order valence-corrected chi connectivity index (χ4v) is 4.95. The number of piperidine rings is 1. The Kier molecular flexibility index (Phi) is 5.58. The molecule has 0 bridgehead atoms. The molecule has 4 rings (SSSR count). The summed E-state index contributed by atoms with van der Waals surface area (Å²) in [6, 6.07) is 4.79. The predicted octanol–water partition coefficient (Wildman–Crippen LogP) is 2.46. The summed E-state index contributed by atoms with van der Waals surface area (Å²) >= 11 is 0. The van der Waals surface area contributed by atoms with Crippen LogP contribution in [0.3, 0.4) is 0 Å². The summed E-state index contributed by atoms with van der Waals surface area (Å²) in [5.41, 5.74) is -0.0436. The van der Waals surface area contributed by atoms with Crippen molar-refractivity contribution in [2.24, 2.45) is 0 Å². The first-order valence-corrected chi connectivity index (χ1v) is 10.5. The summed E-state index contributed by atoms with van der Waals surface area (Å²) < 4.78 is 11.6. The smallest absolute Gasteiger partial charge is 0.289 e. The third-order valence-electron chi connectivity index (χ3n) is 6.76. The quantitative estimate of drug-likeness (QED) is 0.812. The number of hydrogen-bond donors (Lipinski definition) is 0. The van der Waals surface area contributed by atoms with Gasteiger partial charge in [0.25, 0.3) is 5.91 Å². The van der Waals surface area contributed by atoms with Crippen molar-refractivity contribution in [3.05, 3.63) is 24.2 Å². The van der Waals surface area contributed by atoms with Crippen molar-refractivity contribution in [2.45, 2.75) is 57.2 Å². The van der Waals surface area contributed by atoms with Crippen molar-refractivity contribution in [2.75, 3.05) is 45.9 Å². The molecule has 6 heteroatoms. The lowest BCUT2D eigenvalue weighted by molar-refractivity contribution is -0.133. The first-order valence-electron chi connectivity index (χ1n) is 10.5. The molecule has 4 heterocycles. The van der Waals surface area contributed by atoms with Gasteiger partial charge in [-0.3, -0.25) is 14.6 Å². The Morgan fingerprint density at radius 3 is 2.52 bits per heavy atom. The zero-order valence-electron chi connectivity index (χ0n) is 16.7. The molecule has 150 valence electrons. The van der Waals surface area contributed by atoms with Crippen LogP contribution in [0.5, 0.6) is 0 Å². The molecule has 3 aliphatic rings. The SMILES string of the molecule is CC(C)N1CCN([C@@H]2CCOC3(CCN(C(=O)c4ccco4)CC3)C2)CC1. The summed E-state index contributed by atoms with van der Waals surface area (Å²) in [7, 11) is 0. The summed E-state index contributed by atoms with van der Waals surface area (Å²) in [6.45, 7) is 11.6. The number of rotatable bonds is 3. The molecule has 0 radical (unpaired) electrons. The Labute approximate surface area is 162 Å². The van der Waals surface area contributed by atoms with Crippen LogP contribution in [0.2, 0.25) is 0 Å². The van der Waals surface area contributed by atoms with Crippen LogP contribution in [0.15, 0.2) is 22.8 Å². The van der Waals surface area contributed by atoms with Crippen LogP contribution in [-0.4, -0.2) is 84.2 Å². The number of hydrogen-bond acceptors (Lipinski definition) is 5. The lowest BCUT2D eigenvalue weighted by Gasteiger charge is -2.50. The van der Waals surface area contributed by atoms with E-state index in [1.54, 1.807) is 18.4 Å². The van der Waals surface area contributed by atoms with Crippen LogP contribution in [0.1, 0.15) is 50.1 Å². The van der Waals surface area contributed by atoms with Crippen molar-refractivity contribution in [3.63, 3.8) is 0 Å². The fraction of sp³-hybridized carbons (Fsp3) is 0.762. The standard InChI is InChI=1S/C21H33N3O3/c1-17(2)22-10-12-23(13-11-22)18-5-15-27-21(16-18)6-8-24(9-7-21)20(25)19-4-3-14-26-19/h3-4,14,17-18H,5-13,15-16H2,1-2H3/t18-/m1/s1. The summed E-state index contributed by atoms with van der Waals surface area (Å²) in [4.78, 5) is 19.7. The number of amides is 1. The van der Waals surface area contributed by atoms with Gasteiger partial charge < -0.3 is 14.1 Å². The molecule has 0 aromatic carbocycles. The second kappa shape index (κ2) is 7.94. The summed E-state index contributed by atoms with van der Waals surface area (Å²) in [6.07, 6.45) is 5.67. The first-order chi connectivity index (χ1) is 13.1. The third kappa shape index (κ3) is 4.08. The van der Waals surface area contributed by atoms with Crippen molar-refractivity contribution < 1.29 is 13.9 Å². The monoisotopic (exact) mass is 375 g/mol. The van der Waals surface area contributed by atoms with Gasteiger partial charge in [0.1, 0.15) is 0 Å². The van der Waals surface area contributed by atoms with Crippen LogP contribution in [-0.2, 0) is 4.74 Å². The minimum Gasteiger partial charge on any atom is -0.459 e. The normalized spacial score (nSPS) is 27.4. The predicted molar refractivity (Wildman–Crippen MR) is 104 cm³/mol. The summed E-state index contributed by atoms with van der Waals surface area (Å²) in [5, 5.41) is 0. The summed E-state index contributed by atoms with van der Waals surface area (Å²) in [5.74, 6) is 0.448. The average Bonchev–Trinajstić information content (AvgIpc) is 3.23. The number of likely N-dealkylation sites (tertiary alicyclic amines) is 1. The maximum absolute atomic E-state index is 12.5. The third-order valence-corrected chi connectivity index (χ3v) is 6.76. The molecule has 3 fully saturated rings. The number of piperazine rings is 1. The Morgan fingerprint density at radius 2 is 1.89 bits per heavy atom. The van der Waals surface area contributed by atoms with E-state index in [4.69, 9.17) is 9.15 Å². The van der Waals surface area contributed by atoms with Gasteiger partial charge in [-0.1, -0.05) is 0 Å². The molecule has 0 saturated carbocycles. The molecule has 1 aromatic rings. The van der Waals surface area contributed by atoms with Crippen LogP contribution >= 0.6 is 0 Å². The fourth-order valence-electron chi connectivity index (χ4n) is 4.95. The maximum Gasteiger partial charge on any atom is 0.289 e. The lowest BCUT2D eigenvalue weighted by Crippen LogP contribution is -2.58. The molecule has 0 unspecified atom stereocenters. The van der Waals surface area contributed by atoms with E-state index in [2.05, 4.69) is 23.6 Å². The number of furan rings is 1. The Hall–Kier alpha value is -1.37. The molecule has 0 N–H and O–H groups in total. The minimum atomic E-state index is -0.0436. The highest BCUT2D eigenvalue weighted by atomic mass is 16.5. The van der Waals surface area contributed by atoms with Crippen molar-refractivity contribution in [1.82, 2.24) is 14.7 Å². The van der Waals surface area contributed by atoms with E-state index in [0.717, 1.165) is 45.4 Å². The van der Waals surface area contributed by atoms with Gasteiger partial charge in [0.15, 0.2) is 5.76 Å². The molecular weight excluding hydrogens is 342 g/mol. The minimum absolute atomic E-state index is 0.00650. The highest BCUT2D eigenvalue weighted by Gasteiger charge is 2.43. The highest BCUT2D eigenvalue weighted by Crippen LogP contribution is 2.37. The van der Waals surface area contributed by atoms with E-state index in [1.165, 1.54) is 26.2 Å². The maximum atomic E-state index is 12.5. The van der Waals surface area contributed by atoms with E-state index in [0.29, 0.717) is 17.8 Å². The van der Waals surface area contributed by atoms with Gasteiger partial charge in [0, 0.05) is 58.0 Å². The molecule has 1 amide bonds. The van der Waals surface area contributed by atoms with E-state index >= 15 is 0 Å². The van der Waals surface area contributed by atoms with E-state index in [-0.39, 0.29) is 11.5 Å². The van der Waals surface area contributed by atoms with Crippen molar-refractivity contribution >= 4 is 5.91 Å². The van der Waals surface area contributed by atoms with Gasteiger partial charge >= 0.3 is 0 Å². The van der Waals surface area contributed by atoms with Crippen LogP contribution in [0.4, 0.5) is 0 Å². The van der Waals surface area contributed by atoms with Crippen molar-refractivity contribution in [3.8, 4) is 0 Å². The van der Waals surface area contributed by atoms with Gasteiger partial charge in [-0.25, -0.2) is 0 Å². The average molecular weight is 376 g/mol. The first kappa shape index (κ1) is 19.0. The van der Waals surface area contributed by atoms with Crippen LogP contribution < -0.4 is 0 Å². The van der Waals surface area contributed by atoms with Gasteiger partial charge in [0.2, 0.25) is 0 Å². The number of carbonyl (C=O) groups is 1. The van der Waals surface area contributed by atoms with Gasteiger partial charge in [-0.15, -0.1) is 0 Å². The molecule has 1 atom stereocenters. The van der Waals surface area contributed by atoms with E-state index in [1.807, 2.05) is 4.90 Å². The Bertz CT molecular complexity index is 615. The lowest BCUT2D eigenvalue weighted by atomic mass is 9.81. The molecule has 1 spiro atoms. The van der Waals surface area contributed by atoms with Gasteiger partial charge in [0.05, 0.1) is 11.9 Å². The molecule has 3 saturated heterocycles. The topological polar surface area (TPSA) is 49.2 Å². The zero-order chi connectivity index (χ0) is 18.9. The number of ether oxygens (including phenoxy) is 1. The van der Waals surface area contributed by atoms with E-state index < -0.39 is 0 Å². The molecule has 3 aliphatic heterocycles. The van der Waals surface area contributed by atoms with Gasteiger partial charge in [-0.05, 0) is 51.7 Å².